The number of rotatable bonds is 5. The summed E-state index contributed by atoms with van der Waals surface area (Å²) in [5.74, 6) is 0. The molecule has 1 heterocycles. The predicted molar refractivity (Wildman–Crippen MR) is 77.2 cm³/mol. The Morgan fingerprint density at radius 1 is 1.47 bits per heavy atom. The molecule has 1 fully saturated rings. The van der Waals surface area contributed by atoms with Crippen LogP contribution in [-0.4, -0.2) is 42.4 Å². The van der Waals surface area contributed by atoms with E-state index in [0.717, 1.165) is 31.6 Å². The van der Waals surface area contributed by atoms with Gasteiger partial charge >= 0.3 is 0 Å². The highest BCUT2D eigenvalue weighted by Crippen LogP contribution is 2.21. The molecule has 0 saturated carbocycles. The molecule has 0 spiro atoms. The van der Waals surface area contributed by atoms with E-state index in [1.54, 1.807) is 0 Å². The second-order valence-electron chi connectivity index (χ2n) is 5.63. The lowest BCUT2D eigenvalue weighted by atomic mass is 10.0. The average Bonchev–Trinajstić information content (AvgIpc) is 2.82. The molecular weight excluding hydrogens is 238 g/mol. The molecule has 0 radical (unpaired) electrons. The number of aliphatic hydroxyl groups is 1. The highest BCUT2D eigenvalue weighted by atomic mass is 16.5. The van der Waals surface area contributed by atoms with Crippen LogP contribution in [0.5, 0.6) is 0 Å². The van der Waals surface area contributed by atoms with Gasteiger partial charge in [0.15, 0.2) is 0 Å². The van der Waals surface area contributed by atoms with Crippen molar-refractivity contribution in [3.05, 3.63) is 35.4 Å². The van der Waals surface area contributed by atoms with Gasteiger partial charge in [0, 0.05) is 19.2 Å². The quantitative estimate of drug-likeness (QED) is 0.886. The van der Waals surface area contributed by atoms with Gasteiger partial charge in [-0.2, -0.15) is 0 Å². The van der Waals surface area contributed by atoms with E-state index < -0.39 is 0 Å². The van der Waals surface area contributed by atoms with E-state index in [1.807, 2.05) is 12.1 Å². The Morgan fingerprint density at radius 3 is 2.89 bits per heavy atom. The fraction of sp³-hybridized carbons (Fsp3) is 0.625. The molecule has 1 aliphatic rings. The summed E-state index contributed by atoms with van der Waals surface area (Å²) in [6.07, 6.45) is 1.79. The monoisotopic (exact) mass is 263 g/mol. The first kappa shape index (κ1) is 14.5. The van der Waals surface area contributed by atoms with E-state index in [1.165, 1.54) is 5.56 Å². The van der Waals surface area contributed by atoms with Crippen LogP contribution in [0.1, 0.15) is 37.0 Å². The zero-order chi connectivity index (χ0) is 13.8. The second-order valence-corrected chi connectivity index (χ2v) is 5.63. The van der Waals surface area contributed by atoms with Crippen molar-refractivity contribution in [2.45, 2.75) is 44.9 Å². The number of hydrogen-bond donors (Lipinski definition) is 1. The molecular formula is C16H25NO2. The lowest BCUT2D eigenvalue weighted by Crippen LogP contribution is -2.37. The lowest BCUT2D eigenvalue weighted by molar-refractivity contribution is 0.0749. The molecule has 3 heteroatoms. The molecule has 1 aromatic carbocycles. The van der Waals surface area contributed by atoms with Gasteiger partial charge in [0.1, 0.15) is 0 Å². The van der Waals surface area contributed by atoms with E-state index >= 15 is 0 Å². The van der Waals surface area contributed by atoms with E-state index in [2.05, 4.69) is 37.9 Å². The molecule has 0 aliphatic carbocycles. The van der Waals surface area contributed by atoms with Crippen LogP contribution in [0.3, 0.4) is 0 Å². The fourth-order valence-electron chi connectivity index (χ4n) is 2.84. The normalized spacial score (nSPS) is 24.9. The third-order valence-electron chi connectivity index (χ3n) is 4.08. The van der Waals surface area contributed by atoms with Crippen LogP contribution in [0.25, 0.3) is 0 Å². The fourth-order valence-corrected chi connectivity index (χ4v) is 2.84. The van der Waals surface area contributed by atoms with Crippen molar-refractivity contribution in [2.24, 2.45) is 0 Å². The number of hydrogen-bond acceptors (Lipinski definition) is 3. The van der Waals surface area contributed by atoms with Crippen molar-refractivity contribution in [3.8, 4) is 0 Å². The number of benzene rings is 1. The minimum absolute atomic E-state index is 0.307. The predicted octanol–water partition coefficient (Wildman–Crippen LogP) is 2.53. The van der Waals surface area contributed by atoms with Crippen molar-refractivity contribution < 1.29 is 9.84 Å². The summed E-state index contributed by atoms with van der Waals surface area (Å²) in [6.45, 7) is 5.94. The molecule has 1 aromatic rings. The maximum absolute atomic E-state index is 10.2. The summed E-state index contributed by atoms with van der Waals surface area (Å²) in [7, 11) is 2.12. The smallest absolute Gasteiger partial charge is 0.0802 e. The van der Waals surface area contributed by atoms with E-state index in [9.17, 15) is 5.11 Å². The van der Waals surface area contributed by atoms with Gasteiger partial charge in [-0.05, 0) is 39.3 Å². The van der Waals surface area contributed by atoms with E-state index in [0.29, 0.717) is 12.1 Å². The highest BCUT2D eigenvalue weighted by Gasteiger charge is 2.27. The number of aryl methyl sites for hydroxylation is 1. The average molecular weight is 263 g/mol. The topological polar surface area (TPSA) is 32.7 Å². The summed E-state index contributed by atoms with van der Waals surface area (Å²) in [4.78, 5) is 2.32. The molecule has 0 aromatic heterocycles. The van der Waals surface area contributed by atoms with Crippen molar-refractivity contribution >= 4 is 0 Å². The molecule has 2 rings (SSSR count). The Morgan fingerprint density at radius 2 is 2.26 bits per heavy atom. The van der Waals surface area contributed by atoms with Crippen LogP contribution >= 0.6 is 0 Å². The Labute approximate surface area is 116 Å². The first-order valence-electron chi connectivity index (χ1n) is 7.14. The number of likely N-dealkylation sites (N-methyl/N-ethyl adjacent to an activating group) is 1. The Bertz CT molecular complexity index is 407. The van der Waals surface area contributed by atoms with Gasteiger partial charge in [0.25, 0.3) is 0 Å². The Hall–Kier alpha value is -0.900. The van der Waals surface area contributed by atoms with Crippen molar-refractivity contribution in [1.29, 1.82) is 0 Å². The minimum atomic E-state index is -0.375. The summed E-state index contributed by atoms with van der Waals surface area (Å²) in [5.41, 5.74) is 2.21. The van der Waals surface area contributed by atoms with Crippen LogP contribution in [0.15, 0.2) is 24.3 Å². The maximum atomic E-state index is 10.2. The van der Waals surface area contributed by atoms with Crippen molar-refractivity contribution in [3.63, 3.8) is 0 Å². The Balaban J connectivity index is 1.84. The van der Waals surface area contributed by atoms with Gasteiger partial charge in [-0.1, -0.05) is 29.8 Å². The molecule has 3 atom stereocenters. The van der Waals surface area contributed by atoms with E-state index in [-0.39, 0.29) is 6.10 Å². The van der Waals surface area contributed by atoms with Gasteiger partial charge in [-0.25, -0.2) is 0 Å². The lowest BCUT2D eigenvalue weighted by Gasteiger charge is -2.27. The molecule has 1 aliphatic heterocycles. The first-order chi connectivity index (χ1) is 9.08. The zero-order valence-corrected chi connectivity index (χ0v) is 12.2. The summed E-state index contributed by atoms with van der Waals surface area (Å²) >= 11 is 0. The van der Waals surface area contributed by atoms with Gasteiger partial charge in [-0.15, -0.1) is 0 Å². The van der Waals surface area contributed by atoms with Crippen LogP contribution < -0.4 is 0 Å². The molecule has 0 bridgehead atoms. The van der Waals surface area contributed by atoms with Gasteiger partial charge in [0.05, 0.1) is 12.2 Å². The highest BCUT2D eigenvalue weighted by molar-refractivity contribution is 5.23. The van der Waals surface area contributed by atoms with Crippen LogP contribution in [-0.2, 0) is 4.74 Å². The minimum Gasteiger partial charge on any atom is -0.388 e. The molecule has 19 heavy (non-hydrogen) atoms. The second kappa shape index (κ2) is 6.51. The Kier molecular flexibility index (Phi) is 4.97. The summed E-state index contributed by atoms with van der Waals surface area (Å²) in [5, 5.41) is 10.2. The SMILES string of the molecule is Cc1cccc(C(O)CCN(C)C2CCOC2C)c1. The summed E-state index contributed by atoms with van der Waals surface area (Å²) in [6, 6.07) is 8.61. The van der Waals surface area contributed by atoms with Gasteiger partial charge < -0.3 is 14.7 Å². The van der Waals surface area contributed by atoms with Crippen LogP contribution in [0.2, 0.25) is 0 Å². The molecule has 1 saturated heterocycles. The summed E-state index contributed by atoms with van der Waals surface area (Å²) < 4.78 is 5.59. The van der Waals surface area contributed by atoms with E-state index in [4.69, 9.17) is 4.74 Å². The number of aliphatic hydroxyl groups excluding tert-OH is 1. The molecule has 1 N–H and O–H groups in total. The number of ether oxygens (including phenoxy) is 1. The molecule has 3 nitrogen and oxygen atoms in total. The van der Waals surface area contributed by atoms with Crippen molar-refractivity contribution in [1.82, 2.24) is 4.90 Å². The largest absolute Gasteiger partial charge is 0.388 e. The van der Waals surface area contributed by atoms with Crippen LogP contribution in [0, 0.1) is 6.92 Å². The molecule has 0 amide bonds. The standard InChI is InChI=1S/C16H25NO2/c1-12-5-4-6-14(11-12)16(18)7-9-17(3)15-8-10-19-13(15)2/h4-6,11,13,15-16,18H,7-10H2,1-3H3. The molecule has 106 valence electrons. The van der Waals surface area contributed by atoms with Gasteiger partial charge in [-0.3, -0.25) is 0 Å². The third-order valence-corrected chi connectivity index (χ3v) is 4.08. The van der Waals surface area contributed by atoms with Crippen LogP contribution in [0.4, 0.5) is 0 Å². The number of nitrogens with zero attached hydrogens (tertiary/aromatic N) is 1. The third kappa shape index (κ3) is 3.78. The first-order valence-corrected chi connectivity index (χ1v) is 7.14. The van der Waals surface area contributed by atoms with Gasteiger partial charge in [0.2, 0.25) is 0 Å². The van der Waals surface area contributed by atoms with Crippen molar-refractivity contribution in [2.75, 3.05) is 20.2 Å². The molecule has 3 unspecified atom stereocenters. The maximum Gasteiger partial charge on any atom is 0.0802 e. The zero-order valence-electron chi connectivity index (χ0n) is 12.2.